The molecule has 4 nitrogen and oxygen atoms in total. The van der Waals surface area contributed by atoms with Crippen molar-refractivity contribution in [3.05, 3.63) is 11.1 Å². The number of rotatable bonds is 3. The van der Waals surface area contributed by atoms with Gasteiger partial charge in [0.05, 0.1) is 0 Å². The van der Waals surface area contributed by atoms with Crippen LogP contribution in [0.4, 0.5) is 0 Å². The summed E-state index contributed by atoms with van der Waals surface area (Å²) in [6.07, 6.45) is 0.468. The lowest BCUT2D eigenvalue weighted by molar-refractivity contribution is -0.137. The predicted molar refractivity (Wildman–Crippen MR) is 40.5 cm³/mol. The number of carbonyl (C=O) groups is 2. The molecule has 0 atom stereocenters. The lowest BCUT2D eigenvalue weighted by Crippen LogP contribution is -1.97. The summed E-state index contributed by atoms with van der Waals surface area (Å²) in [6.45, 7) is 1.92. The van der Waals surface area contributed by atoms with E-state index in [-0.39, 0.29) is 19.0 Å². The highest BCUT2D eigenvalue weighted by Crippen LogP contribution is 2.19. The van der Waals surface area contributed by atoms with E-state index >= 15 is 0 Å². The van der Waals surface area contributed by atoms with E-state index in [1.807, 2.05) is 0 Å². The molecular formula is C8H10O4. The monoisotopic (exact) mass is 170 g/mol. The average molecular weight is 170 g/mol. The molecule has 0 saturated carbocycles. The van der Waals surface area contributed by atoms with E-state index in [4.69, 9.17) is 9.84 Å². The molecule has 0 radical (unpaired) electrons. The van der Waals surface area contributed by atoms with Gasteiger partial charge in [0.1, 0.15) is 6.61 Å². The Kier molecular flexibility index (Phi) is 2.47. The highest BCUT2D eigenvalue weighted by atomic mass is 16.5. The van der Waals surface area contributed by atoms with Gasteiger partial charge in [-0.3, -0.25) is 4.79 Å². The van der Waals surface area contributed by atoms with Crippen LogP contribution in [0.2, 0.25) is 0 Å². The largest absolute Gasteiger partial charge is 0.481 e. The Morgan fingerprint density at radius 1 is 1.67 bits per heavy atom. The van der Waals surface area contributed by atoms with Crippen molar-refractivity contribution in [1.29, 1.82) is 0 Å². The van der Waals surface area contributed by atoms with Crippen LogP contribution in [-0.4, -0.2) is 23.7 Å². The van der Waals surface area contributed by atoms with E-state index in [1.165, 1.54) is 0 Å². The lowest BCUT2D eigenvalue weighted by atomic mass is 10.1. The van der Waals surface area contributed by atoms with Crippen LogP contribution in [0.1, 0.15) is 19.8 Å². The van der Waals surface area contributed by atoms with E-state index in [2.05, 4.69) is 0 Å². The maximum absolute atomic E-state index is 10.8. The molecule has 1 rings (SSSR count). The molecule has 0 bridgehead atoms. The molecule has 0 unspecified atom stereocenters. The van der Waals surface area contributed by atoms with Crippen molar-refractivity contribution in [3.63, 3.8) is 0 Å². The molecular weight excluding hydrogens is 160 g/mol. The third-order valence-corrected chi connectivity index (χ3v) is 1.85. The summed E-state index contributed by atoms with van der Waals surface area (Å²) in [5.74, 6) is -1.18. The van der Waals surface area contributed by atoms with Crippen molar-refractivity contribution in [1.82, 2.24) is 0 Å². The first-order valence-electron chi connectivity index (χ1n) is 3.69. The van der Waals surface area contributed by atoms with Gasteiger partial charge in [0, 0.05) is 12.0 Å². The predicted octanol–water partition coefficient (Wildman–Crippen LogP) is 0.725. The number of aliphatic carboxylic acids is 1. The number of carboxylic acids is 1. The molecule has 0 aromatic rings. The van der Waals surface area contributed by atoms with Gasteiger partial charge in [-0.15, -0.1) is 0 Å². The lowest BCUT2D eigenvalue weighted by Gasteiger charge is -1.96. The number of hydrogen-bond donors (Lipinski definition) is 1. The standard InChI is InChI=1S/C8H10O4/c1-5-6(2-3-7(9)10)4-12-8(5)11/h2-4H2,1H3,(H,9,10). The number of carboxylic acid groups (broad SMARTS) is 1. The summed E-state index contributed by atoms with van der Waals surface area (Å²) in [4.78, 5) is 21.0. The third-order valence-electron chi connectivity index (χ3n) is 1.85. The van der Waals surface area contributed by atoms with Crippen LogP contribution >= 0.6 is 0 Å². The van der Waals surface area contributed by atoms with Gasteiger partial charge in [0.15, 0.2) is 0 Å². The fraction of sp³-hybridized carbons (Fsp3) is 0.500. The quantitative estimate of drug-likeness (QED) is 0.634. The van der Waals surface area contributed by atoms with Crippen LogP contribution in [-0.2, 0) is 14.3 Å². The number of esters is 1. The fourth-order valence-corrected chi connectivity index (χ4v) is 1.03. The number of cyclic esters (lactones) is 1. The molecule has 1 aliphatic rings. The molecule has 4 heteroatoms. The van der Waals surface area contributed by atoms with Gasteiger partial charge in [-0.25, -0.2) is 4.79 Å². The minimum absolute atomic E-state index is 0.0588. The molecule has 0 aromatic heterocycles. The van der Waals surface area contributed by atoms with Crippen LogP contribution in [0.25, 0.3) is 0 Å². The number of carbonyl (C=O) groups excluding carboxylic acids is 1. The van der Waals surface area contributed by atoms with Crippen LogP contribution < -0.4 is 0 Å². The van der Waals surface area contributed by atoms with Crippen LogP contribution in [0.3, 0.4) is 0 Å². The van der Waals surface area contributed by atoms with Gasteiger partial charge in [-0.2, -0.15) is 0 Å². The van der Waals surface area contributed by atoms with Gasteiger partial charge in [-0.05, 0) is 18.9 Å². The smallest absolute Gasteiger partial charge is 0.334 e. The Hall–Kier alpha value is -1.32. The highest BCUT2D eigenvalue weighted by Gasteiger charge is 2.20. The molecule has 1 N–H and O–H groups in total. The second-order valence-electron chi connectivity index (χ2n) is 2.70. The Morgan fingerprint density at radius 3 is 2.75 bits per heavy atom. The normalized spacial score (nSPS) is 16.6. The van der Waals surface area contributed by atoms with Crippen molar-refractivity contribution >= 4 is 11.9 Å². The fourth-order valence-electron chi connectivity index (χ4n) is 1.03. The summed E-state index contributed by atoms with van der Waals surface area (Å²) in [5, 5.41) is 8.38. The summed E-state index contributed by atoms with van der Waals surface area (Å²) >= 11 is 0. The third kappa shape index (κ3) is 1.84. The Bertz CT molecular complexity index is 252. The Labute approximate surface area is 69.8 Å². The van der Waals surface area contributed by atoms with E-state index in [0.717, 1.165) is 5.57 Å². The van der Waals surface area contributed by atoms with Gasteiger partial charge in [-0.1, -0.05) is 0 Å². The van der Waals surface area contributed by atoms with Crippen molar-refractivity contribution < 1.29 is 19.4 Å². The molecule has 12 heavy (non-hydrogen) atoms. The Morgan fingerprint density at radius 2 is 2.33 bits per heavy atom. The first-order valence-corrected chi connectivity index (χ1v) is 3.69. The minimum Gasteiger partial charge on any atom is -0.481 e. The topological polar surface area (TPSA) is 63.6 Å². The van der Waals surface area contributed by atoms with Gasteiger partial charge >= 0.3 is 11.9 Å². The number of hydrogen-bond acceptors (Lipinski definition) is 3. The molecule has 1 heterocycles. The van der Waals surface area contributed by atoms with Crippen molar-refractivity contribution in [2.24, 2.45) is 0 Å². The van der Waals surface area contributed by atoms with Crippen molar-refractivity contribution in [2.45, 2.75) is 19.8 Å². The van der Waals surface area contributed by atoms with Gasteiger partial charge in [0.2, 0.25) is 0 Å². The van der Waals surface area contributed by atoms with E-state index < -0.39 is 5.97 Å². The van der Waals surface area contributed by atoms with E-state index in [0.29, 0.717) is 12.0 Å². The average Bonchev–Trinajstić information content (AvgIpc) is 2.30. The second kappa shape index (κ2) is 3.38. The van der Waals surface area contributed by atoms with E-state index in [1.54, 1.807) is 6.92 Å². The minimum atomic E-state index is -0.852. The molecule has 0 saturated heterocycles. The zero-order valence-electron chi connectivity index (χ0n) is 6.79. The van der Waals surface area contributed by atoms with Gasteiger partial charge < -0.3 is 9.84 Å². The molecule has 1 aliphatic heterocycles. The number of ether oxygens (including phenoxy) is 1. The highest BCUT2D eigenvalue weighted by molar-refractivity contribution is 5.91. The maximum atomic E-state index is 10.8. The van der Waals surface area contributed by atoms with Crippen molar-refractivity contribution in [2.75, 3.05) is 6.61 Å². The molecule has 66 valence electrons. The summed E-state index contributed by atoms with van der Waals surface area (Å²) in [5.41, 5.74) is 1.37. The maximum Gasteiger partial charge on any atom is 0.334 e. The molecule has 0 aliphatic carbocycles. The van der Waals surface area contributed by atoms with Crippen LogP contribution in [0.5, 0.6) is 0 Å². The van der Waals surface area contributed by atoms with Gasteiger partial charge in [0.25, 0.3) is 0 Å². The summed E-state index contributed by atoms with van der Waals surface area (Å²) in [7, 11) is 0. The van der Waals surface area contributed by atoms with Crippen LogP contribution in [0, 0.1) is 0 Å². The summed E-state index contributed by atoms with van der Waals surface area (Å²) in [6, 6.07) is 0. The zero-order chi connectivity index (χ0) is 9.14. The summed E-state index contributed by atoms with van der Waals surface area (Å²) < 4.78 is 4.70. The SMILES string of the molecule is CC1=C(CCC(=O)O)COC1=O. The van der Waals surface area contributed by atoms with Crippen molar-refractivity contribution in [3.8, 4) is 0 Å². The first kappa shape index (κ1) is 8.77. The molecule has 0 aromatic carbocycles. The molecule has 0 spiro atoms. The second-order valence-corrected chi connectivity index (χ2v) is 2.70. The van der Waals surface area contributed by atoms with Crippen LogP contribution in [0.15, 0.2) is 11.1 Å². The zero-order valence-corrected chi connectivity index (χ0v) is 6.79. The Balaban J connectivity index is 2.53. The van der Waals surface area contributed by atoms with E-state index in [9.17, 15) is 9.59 Å². The molecule has 0 fully saturated rings. The first-order chi connectivity index (χ1) is 5.61. The molecule has 0 amide bonds.